The molecule has 1 aliphatic heterocycles. The summed E-state index contributed by atoms with van der Waals surface area (Å²) in [6, 6.07) is 4.55. The summed E-state index contributed by atoms with van der Waals surface area (Å²) in [6.45, 7) is 6.78. The minimum Gasteiger partial charge on any atom is -0.341 e. The maximum Gasteiger partial charge on any atom is 0.232 e. The van der Waals surface area contributed by atoms with Crippen molar-refractivity contribution >= 4 is 23.5 Å². The van der Waals surface area contributed by atoms with Crippen LogP contribution in [0.15, 0.2) is 23.1 Å². The number of hydrogen-bond acceptors (Lipinski definition) is 4. The number of benzene rings is 1. The summed E-state index contributed by atoms with van der Waals surface area (Å²) in [5.41, 5.74) is 6.07. The third-order valence-electron chi connectivity index (χ3n) is 4.35. The van der Waals surface area contributed by atoms with E-state index in [1.807, 2.05) is 4.90 Å². The number of nitrogens with zero attached hydrogens (tertiary/aromatic N) is 1. The van der Waals surface area contributed by atoms with Crippen molar-refractivity contribution in [3.05, 3.63) is 29.6 Å². The lowest BCUT2D eigenvalue weighted by Crippen LogP contribution is -2.54. The Kier molecular flexibility index (Phi) is 5.47. The fourth-order valence-electron chi connectivity index (χ4n) is 2.69. The molecule has 126 valence electrons. The maximum atomic E-state index is 13.8. The molecule has 23 heavy (non-hydrogen) atoms. The normalized spacial score (nSPS) is 20.4. The van der Waals surface area contributed by atoms with Crippen molar-refractivity contribution in [2.45, 2.75) is 38.1 Å². The molecule has 1 saturated heterocycles. The molecule has 1 aromatic carbocycles. The topological polar surface area (TPSA) is 63.4 Å². The Hall–Kier alpha value is -1.40. The molecule has 0 bridgehead atoms. The van der Waals surface area contributed by atoms with Crippen molar-refractivity contribution in [3.8, 4) is 0 Å². The zero-order chi connectivity index (χ0) is 17.2. The number of Topliss-reactive ketones (excluding diaryl/α,β-unsaturated/α-hetero) is 1. The molecule has 1 unspecified atom stereocenters. The van der Waals surface area contributed by atoms with Crippen LogP contribution in [0.4, 0.5) is 4.39 Å². The van der Waals surface area contributed by atoms with Gasteiger partial charge >= 0.3 is 0 Å². The molecule has 1 atom stereocenters. The van der Waals surface area contributed by atoms with Crippen LogP contribution in [0.2, 0.25) is 0 Å². The van der Waals surface area contributed by atoms with E-state index in [-0.39, 0.29) is 34.5 Å². The Morgan fingerprint density at radius 2 is 2.13 bits per heavy atom. The van der Waals surface area contributed by atoms with E-state index in [2.05, 4.69) is 13.8 Å². The predicted octanol–water partition coefficient (Wildman–Crippen LogP) is 2.71. The van der Waals surface area contributed by atoms with E-state index in [0.29, 0.717) is 18.0 Å². The molecule has 0 aliphatic carbocycles. The summed E-state index contributed by atoms with van der Waals surface area (Å²) in [6.07, 6.45) is 0.797. The van der Waals surface area contributed by atoms with Crippen molar-refractivity contribution < 1.29 is 14.0 Å². The van der Waals surface area contributed by atoms with Gasteiger partial charge in [-0.1, -0.05) is 13.8 Å². The lowest BCUT2D eigenvalue weighted by atomic mass is 9.80. The maximum absolute atomic E-state index is 13.8. The highest BCUT2D eigenvalue weighted by Gasteiger charge is 2.35. The van der Waals surface area contributed by atoms with Gasteiger partial charge in [-0.05, 0) is 37.0 Å². The van der Waals surface area contributed by atoms with Gasteiger partial charge in [0.1, 0.15) is 5.82 Å². The molecule has 1 aromatic rings. The smallest absolute Gasteiger partial charge is 0.232 e. The van der Waals surface area contributed by atoms with Crippen LogP contribution in [-0.2, 0) is 4.79 Å². The molecule has 1 amide bonds. The Balaban J connectivity index is 1.94. The molecule has 4 nitrogen and oxygen atoms in total. The summed E-state index contributed by atoms with van der Waals surface area (Å²) in [7, 11) is 0. The first-order valence-electron chi connectivity index (χ1n) is 7.67. The Labute approximate surface area is 140 Å². The van der Waals surface area contributed by atoms with Crippen molar-refractivity contribution in [3.63, 3.8) is 0 Å². The average Bonchev–Trinajstić information content (AvgIpc) is 2.47. The zero-order valence-electron chi connectivity index (χ0n) is 13.8. The second kappa shape index (κ2) is 7.01. The highest BCUT2D eigenvalue weighted by molar-refractivity contribution is 8.00. The van der Waals surface area contributed by atoms with Crippen LogP contribution >= 0.6 is 11.8 Å². The van der Waals surface area contributed by atoms with Crippen LogP contribution in [0.25, 0.3) is 0 Å². The van der Waals surface area contributed by atoms with Crippen molar-refractivity contribution in [2.75, 3.05) is 18.8 Å². The van der Waals surface area contributed by atoms with Gasteiger partial charge in [-0.3, -0.25) is 9.59 Å². The molecule has 1 aliphatic rings. The lowest BCUT2D eigenvalue weighted by Gasteiger charge is -2.42. The number of carbonyl (C=O) groups excluding carboxylic acids is 2. The van der Waals surface area contributed by atoms with E-state index < -0.39 is 5.82 Å². The van der Waals surface area contributed by atoms with Crippen molar-refractivity contribution in [1.82, 2.24) is 4.90 Å². The number of thioether (sulfide) groups is 1. The average molecular weight is 338 g/mol. The molecule has 0 aromatic heterocycles. The second-order valence-electron chi connectivity index (χ2n) is 6.69. The number of halogens is 1. The molecule has 0 spiro atoms. The van der Waals surface area contributed by atoms with Crippen molar-refractivity contribution in [1.29, 1.82) is 0 Å². The summed E-state index contributed by atoms with van der Waals surface area (Å²) >= 11 is 1.28. The number of ketones is 1. The van der Waals surface area contributed by atoms with Gasteiger partial charge in [0.05, 0.1) is 11.3 Å². The minimum atomic E-state index is -0.542. The van der Waals surface area contributed by atoms with E-state index in [1.165, 1.54) is 30.8 Å². The summed E-state index contributed by atoms with van der Waals surface area (Å²) in [5, 5.41) is 0. The monoisotopic (exact) mass is 338 g/mol. The first-order valence-corrected chi connectivity index (χ1v) is 8.66. The first-order chi connectivity index (χ1) is 10.7. The van der Waals surface area contributed by atoms with Gasteiger partial charge in [0.2, 0.25) is 5.91 Å². The van der Waals surface area contributed by atoms with Crippen LogP contribution in [0, 0.1) is 11.2 Å². The van der Waals surface area contributed by atoms with Crippen LogP contribution in [-0.4, -0.2) is 41.5 Å². The molecular formula is C17H23FN2O2S. The Morgan fingerprint density at radius 1 is 1.43 bits per heavy atom. The quantitative estimate of drug-likeness (QED) is 0.677. The number of piperidine rings is 1. The van der Waals surface area contributed by atoms with Gasteiger partial charge in [0, 0.05) is 24.0 Å². The van der Waals surface area contributed by atoms with Crippen LogP contribution < -0.4 is 5.73 Å². The first kappa shape index (κ1) is 17.9. The van der Waals surface area contributed by atoms with Crippen LogP contribution in [0.1, 0.15) is 37.6 Å². The van der Waals surface area contributed by atoms with Gasteiger partial charge in [-0.25, -0.2) is 4.39 Å². The second-order valence-corrected chi connectivity index (χ2v) is 7.73. The minimum absolute atomic E-state index is 0.0334. The van der Waals surface area contributed by atoms with E-state index in [0.717, 1.165) is 6.42 Å². The van der Waals surface area contributed by atoms with Gasteiger partial charge in [0.15, 0.2) is 5.78 Å². The lowest BCUT2D eigenvalue weighted by molar-refractivity contribution is -0.131. The molecule has 6 heteroatoms. The SMILES string of the molecule is CC(=O)c1ccc(SCC(=O)N2CCC(N)C(C)(C)C2)cc1F. The van der Waals surface area contributed by atoms with Crippen molar-refractivity contribution in [2.24, 2.45) is 11.1 Å². The highest BCUT2D eigenvalue weighted by atomic mass is 32.2. The molecule has 2 N–H and O–H groups in total. The van der Waals surface area contributed by atoms with Crippen LogP contribution in [0.5, 0.6) is 0 Å². The van der Waals surface area contributed by atoms with Gasteiger partial charge in [0.25, 0.3) is 0 Å². The Bertz CT molecular complexity index is 619. The Morgan fingerprint density at radius 3 is 2.70 bits per heavy atom. The van der Waals surface area contributed by atoms with E-state index >= 15 is 0 Å². The molecule has 0 saturated carbocycles. The number of hydrogen-bond donors (Lipinski definition) is 1. The fraction of sp³-hybridized carbons (Fsp3) is 0.529. The number of rotatable bonds is 4. The summed E-state index contributed by atoms with van der Waals surface area (Å²) in [5.74, 6) is -0.558. The molecular weight excluding hydrogens is 315 g/mol. The van der Waals surface area contributed by atoms with Gasteiger partial charge in [-0.15, -0.1) is 11.8 Å². The number of likely N-dealkylation sites (tertiary alicyclic amines) is 1. The van der Waals surface area contributed by atoms with Gasteiger partial charge in [-0.2, -0.15) is 0 Å². The molecule has 1 heterocycles. The third-order valence-corrected chi connectivity index (χ3v) is 5.33. The largest absolute Gasteiger partial charge is 0.341 e. The van der Waals surface area contributed by atoms with E-state index in [9.17, 15) is 14.0 Å². The zero-order valence-corrected chi connectivity index (χ0v) is 14.6. The van der Waals surface area contributed by atoms with E-state index in [1.54, 1.807) is 6.07 Å². The standard InChI is InChI=1S/C17H23FN2O2S/c1-11(21)13-5-4-12(8-14(13)18)23-9-16(22)20-7-6-15(19)17(2,3)10-20/h4-5,8,15H,6-7,9-10,19H2,1-3H3. The van der Waals surface area contributed by atoms with Gasteiger partial charge < -0.3 is 10.6 Å². The van der Waals surface area contributed by atoms with Crippen LogP contribution in [0.3, 0.4) is 0 Å². The number of nitrogens with two attached hydrogens (primary N) is 1. The predicted molar refractivity (Wildman–Crippen MR) is 90.1 cm³/mol. The summed E-state index contributed by atoms with van der Waals surface area (Å²) in [4.78, 5) is 26.0. The molecule has 2 rings (SSSR count). The summed E-state index contributed by atoms with van der Waals surface area (Å²) < 4.78 is 13.8. The molecule has 0 radical (unpaired) electrons. The number of amides is 1. The number of carbonyl (C=O) groups is 2. The molecule has 1 fully saturated rings. The fourth-order valence-corrected chi connectivity index (χ4v) is 3.52. The third kappa shape index (κ3) is 4.32. The highest BCUT2D eigenvalue weighted by Crippen LogP contribution is 2.29. The van der Waals surface area contributed by atoms with E-state index in [4.69, 9.17) is 5.73 Å².